The molecule has 2 rings (SSSR count). The van der Waals surface area contributed by atoms with Crippen LogP contribution in [-0.2, 0) is 13.5 Å². The molecule has 1 aliphatic rings. The molecule has 0 amide bonds. The van der Waals surface area contributed by atoms with Crippen molar-refractivity contribution in [2.75, 3.05) is 6.67 Å². The maximum absolute atomic E-state index is 5.45. The molecule has 0 aliphatic heterocycles. The molecule has 0 bridgehead atoms. The molecule has 3 atom stereocenters. The fourth-order valence-electron chi connectivity index (χ4n) is 2.09. The molecule has 0 saturated heterocycles. The Morgan fingerprint density at radius 1 is 1.67 bits per heavy atom. The van der Waals surface area contributed by atoms with E-state index in [0.717, 1.165) is 18.2 Å². The fraction of sp³-hybridized carbons (Fsp3) is 0.889. The predicted molar refractivity (Wildman–Crippen MR) is 55.8 cm³/mol. The van der Waals surface area contributed by atoms with Gasteiger partial charge in [0.1, 0.15) is 0 Å². The highest BCUT2D eigenvalue weighted by atomic mass is 15.6. The number of nitrogens with two attached hydrogens (primary N) is 1. The van der Waals surface area contributed by atoms with E-state index in [-0.39, 0.29) is 0 Å². The summed E-state index contributed by atoms with van der Waals surface area (Å²) in [5.41, 5.74) is 5.45. The van der Waals surface area contributed by atoms with E-state index < -0.39 is 0 Å². The summed E-state index contributed by atoms with van der Waals surface area (Å²) in [6.07, 6.45) is 2.18. The number of aromatic nitrogens is 4. The molecule has 3 N–H and O–H groups in total. The minimum absolute atomic E-state index is 0.497. The Bertz CT molecular complexity index is 322. The highest BCUT2D eigenvalue weighted by Gasteiger charge is 2.41. The molecule has 0 aromatic carbocycles. The lowest BCUT2D eigenvalue weighted by atomic mass is 10.1. The summed E-state index contributed by atoms with van der Waals surface area (Å²) in [4.78, 5) is 1.51. The molecule has 1 aromatic heterocycles. The summed E-state index contributed by atoms with van der Waals surface area (Å²) in [6, 6.07) is 0.497. The first-order chi connectivity index (χ1) is 7.20. The Morgan fingerprint density at radius 2 is 2.47 bits per heavy atom. The molecule has 1 heterocycles. The zero-order valence-corrected chi connectivity index (χ0v) is 9.22. The number of nitrogens with zero attached hydrogens (tertiary/aromatic N) is 4. The molecular weight excluding hydrogens is 192 g/mol. The first-order valence-electron chi connectivity index (χ1n) is 5.37. The van der Waals surface area contributed by atoms with Crippen molar-refractivity contribution in [3.8, 4) is 0 Å². The number of nitrogens with one attached hydrogen (secondary N) is 1. The first-order valence-corrected chi connectivity index (χ1v) is 5.37. The molecule has 1 aromatic rings. The molecule has 1 aliphatic carbocycles. The van der Waals surface area contributed by atoms with Gasteiger partial charge in [0.2, 0.25) is 0 Å². The van der Waals surface area contributed by atoms with Crippen LogP contribution in [0, 0.1) is 11.8 Å². The molecule has 0 spiro atoms. The van der Waals surface area contributed by atoms with Crippen LogP contribution in [0.5, 0.6) is 0 Å². The second kappa shape index (κ2) is 4.24. The largest absolute Gasteiger partial charge is 0.318 e. The molecule has 84 valence electrons. The van der Waals surface area contributed by atoms with Crippen LogP contribution in [0.25, 0.3) is 0 Å². The van der Waals surface area contributed by atoms with E-state index in [1.54, 1.807) is 7.05 Å². The van der Waals surface area contributed by atoms with Gasteiger partial charge in [0.05, 0.1) is 7.05 Å². The van der Waals surface area contributed by atoms with Crippen molar-refractivity contribution in [2.24, 2.45) is 24.6 Å². The van der Waals surface area contributed by atoms with Gasteiger partial charge >= 0.3 is 0 Å². The van der Waals surface area contributed by atoms with Crippen molar-refractivity contribution in [1.29, 1.82) is 0 Å². The first kappa shape index (κ1) is 10.5. The average molecular weight is 210 g/mol. The van der Waals surface area contributed by atoms with E-state index >= 15 is 0 Å². The van der Waals surface area contributed by atoms with Crippen molar-refractivity contribution >= 4 is 0 Å². The third-order valence-corrected chi connectivity index (χ3v) is 3.05. The van der Waals surface area contributed by atoms with Crippen LogP contribution in [0.15, 0.2) is 0 Å². The topological polar surface area (TPSA) is 81.6 Å². The quantitative estimate of drug-likeness (QED) is 0.627. The smallest absolute Gasteiger partial charge is 0.175 e. The number of hydrogen-bond donors (Lipinski definition) is 2. The minimum Gasteiger partial charge on any atom is -0.318 e. The highest BCUT2D eigenvalue weighted by Crippen LogP contribution is 2.42. The Labute approximate surface area is 89.2 Å². The van der Waals surface area contributed by atoms with Crippen LogP contribution in [0.4, 0.5) is 0 Å². The van der Waals surface area contributed by atoms with Crippen molar-refractivity contribution in [2.45, 2.75) is 25.8 Å². The second-order valence-corrected chi connectivity index (χ2v) is 4.26. The fourth-order valence-corrected chi connectivity index (χ4v) is 2.09. The van der Waals surface area contributed by atoms with Crippen molar-refractivity contribution in [3.05, 3.63) is 5.82 Å². The van der Waals surface area contributed by atoms with Gasteiger partial charge in [-0.05, 0) is 30.4 Å². The zero-order chi connectivity index (χ0) is 10.8. The molecule has 1 unspecified atom stereocenters. The zero-order valence-electron chi connectivity index (χ0n) is 9.22. The Morgan fingerprint density at radius 3 is 3.07 bits per heavy atom. The van der Waals surface area contributed by atoms with Gasteiger partial charge in [-0.1, -0.05) is 0 Å². The maximum atomic E-state index is 5.45. The number of aryl methyl sites for hydroxylation is 1. The Kier molecular flexibility index (Phi) is 2.97. The van der Waals surface area contributed by atoms with Crippen molar-refractivity contribution in [3.63, 3.8) is 0 Å². The van der Waals surface area contributed by atoms with Crippen molar-refractivity contribution < 1.29 is 0 Å². The molecule has 6 heteroatoms. The lowest BCUT2D eigenvalue weighted by Gasteiger charge is -2.10. The van der Waals surface area contributed by atoms with E-state index in [2.05, 4.69) is 27.7 Å². The van der Waals surface area contributed by atoms with Gasteiger partial charge in [-0.2, -0.15) is 4.80 Å². The molecule has 0 radical (unpaired) electrons. The molecule has 1 fully saturated rings. The molecule has 15 heavy (non-hydrogen) atoms. The summed E-state index contributed by atoms with van der Waals surface area (Å²) in [5.74, 6) is 2.27. The van der Waals surface area contributed by atoms with E-state index in [4.69, 9.17) is 5.73 Å². The SMILES string of the molecule is C[C@H](NCN)C1C[C@H]1Cc1nnn(C)n1. The summed E-state index contributed by atoms with van der Waals surface area (Å²) in [6.45, 7) is 2.73. The third-order valence-electron chi connectivity index (χ3n) is 3.05. The van der Waals surface area contributed by atoms with Gasteiger partial charge in [0.25, 0.3) is 0 Å². The lowest BCUT2D eigenvalue weighted by molar-refractivity contribution is 0.475. The summed E-state index contributed by atoms with van der Waals surface area (Å²) in [7, 11) is 1.79. The summed E-state index contributed by atoms with van der Waals surface area (Å²) < 4.78 is 0. The Balaban J connectivity index is 1.79. The monoisotopic (exact) mass is 210 g/mol. The van der Waals surface area contributed by atoms with Gasteiger partial charge in [0, 0.05) is 19.1 Å². The number of tetrazole rings is 1. The molecule has 6 nitrogen and oxygen atoms in total. The molecule has 1 saturated carbocycles. The van der Waals surface area contributed by atoms with Crippen LogP contribution < -0.4 is 11.1 Å². The standard InChI is InChI=1S/C9H18N6/c1-6(11-5-10)8-3-7(8)4-9-12-14-15(2)13-9/h6-8,11H,3-5,10H2,1-2H3/t6-,7-,8?/m0/s1. The van der Waals surface area contributed by atoms with Crippen molar-refractivity contribution in [1.82, 2.24) is 25.5 Å². The van der Waals surface area contributed by atoms with Crippen LogP contribution in [0.2, 0.25) is 0 Å². The highest BCUT2D eigenvalue weighted by molar-refractivity contribution is 4.98. The maximum Gasteiger partial charge on any atom is 0.175 e. The van der Waals surface area contributed by atoms with E-state index in [0.29, 0.717) is 18.6 Å². The minimum atomic E-state index is 0.497. The second-order valence-electron chi connectivity index (χ2n) is 4.26. The van der Waals surface area contributed by atoms with Crippen LogP contribution in [0.3, 0.4) is 0 Å². The van der Waals surface area contributed by atoms with Crippen LogP contribution in [-0.4, -0.2) is 32.9 Å². The third kappa shape index (κ3) is 2.51. The normalized spacial score (nSPS) is 26.6. The van der Waals surface area contributed by atoms with Gasteiger partial charge in [-0.3, -0.25) is 0 Å². The number of hydrogen-bond acceptors (Lipinski definition) is 5. The Hall–Kier alpha value is -1.01. The average Bonchev–Trinajstić information content (AvgIpc) is 2.83. The predicted octanol–water partition coefficient (Wildman–Crippen LogP) is -0.717. The van der Waals surface area contributed by atoms with Crippen LogP contribution >= 0.6 is 0 Å². The van der Waals surface area contributed by atoms with Gasteiger partial charge < -0.3 is 11.1 Å². The van der Waals surface area contributed by atoms with Crippen LogP contribution in [0.1, 0.15) is 19.2 Å². The van der Waals surface area contributed by atoms with Gasteiger partial charge in [0.15, 0.2) is 5.82 Å². The van der Waals surface area contributed by atoms with Gasteiger partial charge in [-0.25, -0.2) is 0 Å². The van der Waals surface area contributed by atoms with E-state index in [9.17, 15) is 0 Å². The van der Waals surface area contributed by atoms with E-state index in [1.165, 1.54) is 11.2 Å². The molecular formula is C9H18N6. The summed E-state index contributed by atoms with van der Waals surface area (Å²) >= 11 is 0. The number of rotatable bonds is 5. The lowest BCUT2D eigenvalue weighted by Crippen LogP contribution is -2.33. The van der Waals surface area contributed by atoms with Gasteiger partial charge in [-0.15, -0.1) is 10.2 Å². The van der Waals surface area contributed by atoms with E-state index in [1.807, 2.05) is 0 Å². The summed E-state index contributed by atoms with van der Waals surface area (Å²) in [5, 5.41) is 15.2.